The summed E-state index contributed by atoms with van der Waals surface area (Å²) < 4.78 is 5.42. The Bertz CT molecular complexity index is 1290. The number of benzene rings is 3. The molecule has 35 heavy (non-hydrogen) atoms. The third-order valence-corrected chi connectivity index (χ3v) is 6.22. The number of hydrogen-bond donors (Lipinski definition) is 0. The largest absolute Gasteiger partial charge is 0.454 e. The van der Waals surface area contributed by atoms with E-state index in [4.69, 9.17) is 16.3 Å². The first-order valence-corrected chi connectivity index (χ1v) is 11.6. The van der Waals surface area contributed by atoms with Gasteiger partial charge in [-0.25, -0.2) is 0 Å². The van der Waals surface area contributed by atoms with Crippen LogP contribution < -0.4 is 4.90 Å². The number of carbonyl (C=O) groups excluding carboxylic acids is 4. The van der Waals surface area contributed by atoms with Gasteiger partial charge in [0.1, 0.15) is 0 Å². The molecule has 2 atom stereocenters. The van der Waals surface area contributed by atoms with Crippen molar-refractivity contribution in [3.63, 3.8) is 0 Å². The average molecular weight is 490 g/mol. The van der Waals surface area contributed by atoms with E-state index in [1.807, 2.05) is 19.1 Å². The zero-order valence-corrected chi connectivity index (χ0v) is 20.1. The summed E-state index contributed by atoms with van der Waals surface area (Å²) in [6, 6.07) is 20.4. The molecule has 0 unspecified atom stereocenters. The molecule has 4 rings (SSSR count). The van der Waals surface area contributed by atoms with Crippen LogP contribution in [0.2, 0.25) is 5.02 Å². The minimum atomic E-state index is -0.986. The summed E-state index contributed by atoms with van der Waals surface area (Å²) in [5.74, 6) is -2.29. The van der Waals surface area contributed by atoms with Crippen LogP contribution in [0, 0.1) is 12.8 Å². The minimum absolute atomic E-state index is 0.0415. The van der Waals surface area contributed by atoms with Gasteiger partial charge in [-0.15, -0.1) is 0 Å². The first kappa shape index (κ1) is 24.4. The number of ether oxygens (including phenoxy) is 1. The Labute approximate surface area is 208 Å². The van der Waals surface area contributed by atoms with Crippen LogP contribution in [0.25, 0.3) is 0 Å². The van der Waals surface area contributed by atoms with Gasteiger partial charge in [0.25, 0.3) is 0 Å². The number of anilines is 1. The fourth-order valence-electron chi connectivity index (χ4n) is 4.05. The van der Waals surface area contributed by atoms with Crippen molar-refractivity contribution in [3.05, 3.63) is 100 Å². The van der Waals surface area contributed by atoms with Crippen molar-refractivity contribution < 1.29 is 23.9 Å². The van der Waals surface area contributed by atoms with E-state index < -0.39 is 18.0 Å². The van der Waals surface area contributed by atoms with Crippen LogP contribution in [0.1, 0.15) is 45.2 Å². The molecule has 1 aliphatic rings. The monoisotopic (exact) mass is 489 g/mol. The molecule has 6 nitrogen and oxygen atoms in total. The van der Waals surface area contributed by atoms with Crippen LogP contribution in [-0.2, 0) is 14.3 Å². The van der Waals surface area contributed by atoms with E-state index in [-0.39, 0.29) is 36.0 Å². The Morgan fingerprint density at radius 3 is 2.34 bits per heavy atom. The van der Waals surface area contributed by atoms with Gasteiger partial charge < -0.3 is 9.64 Å². The molecule has 1 aliphatic heterocycles. The van der Waals surface area contributed by atoms with Gasteiger partial charge in [-0.2, -0.15) is 0 Å². The number of nitrogens with zero attached hydrogens (tertiary/aromatic N) is 1. The van der Waals surface area contributed by atoms with Gasteiger partial charge in [0.05, 0.1) is 11.6 Å². The lowest BCUT2D eigenvalue weighted by molar-refractivity contribution is -0.151. The van der Waals surface area contributed by atoms with Gasteiger partial charge in [0, 0.05) is 34.7 Å². The Balaban J connectivity index is 1.50. The molecule has 178 valence electrons. The molecule has 0 bridgehead atoms. The van der Waals surface area contributed by atoms with E-state index in [0.29, 0.717) is 21.8 Å². The van der Waals surface area contributed by atoms with Crippen molar-refractivity contribution in [1.82, 2.24) is 0 Å². The first-order chi connectivity index (χ1) is 16.7. The van der Waals surface area contributed by atoms with E-state index in [1.165, 1.54) is 17.9 Å². The van der Waals surface area contributed by atoms with E-state index in [0.717, 1.165) is 5.56 Å². The van der Waals surface area contributed by atoms with E-state index in [2.05, 4.69) is 0 Å². The van der Waals surface area contributed by atoms with Crippen LogP contribution >= 0.6 is 11.6 Å². The lowest BCUT2D eigenvalue weighted by Crippen LogP contribution is -2.31. The molecular formula is C28H24ClNO5. The average Bonchev–Trinajstić information content (AvgIpc) is 3.25. The predicted octanol–water partition coefficient (Wildman–Crippen LogP) is 5.05. The van der Waals surface area contributed by atoms with Crippen LogP contribution in [0.15, 0.2) is 72.8 Å². The normalized spacial score (nSPS) is 16.1. The number of aryl methyl sites for hydroxylation is 1. The predicted molar refractivity (Wildman–Crippen MR) is 133 cm³/mol. The maximum atomic E-state index is 13.1. The van der Waals surface area contributed by atoms with Crippen LogP contribution in [0.5, 0.6) is 0 Å². The summed E-state index contributed by atoms with van der Waals surface area (Å²) in [4.78, 5) is 52.9. The first-order valence-electron chi connectivity index (χ1n) is 11.3. The molecule has 1 amide bonds. The molecule has 0 spiro atoms. The highest BCUT2D eigenvalue weighted by molar-refractivity contribution is 6.31. The van der Waals surface area contributed by atoms with Gasteiger partial charge in [0.2, 0.25) is 11.7 Å². The van der Waals surface area contributed by atoms with Crippen LogP contribution in [-0.4, -0.2) is 36.1 Å². The number of Topliss-reactive ketones (excluding diaryl/α,β-unsaturated/α-hetero) is 1. The van der Waals surface area contributed by atoms with Crippen LogP contribution in [0.3, 0.4) is 0 Å². The quantitative estimate of drug-likeness (QED) is 0.343. The lowest BCUT2D eigenvalue weighted by Gasteiger charge is -2.20. The summed E-state index contributed by atoms with van der Waals surface area (Å²) in [5.41, 5.74) is 2.58. The number of amides is 1. The molecule has 3 aromatic rings. The van der Waals surface area contributed by atoms with Gasteiger partial charge in [-0.3, -0.25) is 19.2 Å². The molecular weight excluding hydrogens is 466 g/mol. The molecule has 0 aromatic heterocycles. The Morgan fingerprint density at radius 1 is 0.971 bits per heavy atom. The Hall–Kier alpha value is -3.77. The minimum Gasteiger partial charge on any atom is -0.454 e. The summed E-state index contributed by atoms with van der Waals surface area (Å²) in [5, 5.41) is 0.360. The maximum Gasteiger partial charge on any atom is 0.312 e. The number of esters is 1. The fraction of sp³-hybridized carbons (Fsp3) is 0.214. The number of halogens is 1. The van der Waals surface area contributed by atoms with Crippen molar-refractivity contribution in [1.29, 1.82) is 0 Å². The molecule has 0 N–H and O–H groups in total. The van der Waals surface area contributed by atoms with Gasteiger partial charge in [-0.05, 0) is 32.0 Å². The number of rotatable bonds is 7. The highest BCUT2D eigenvalue weighted by Gasteiger charge is 2.38. The van der Waals surface area contributed by atoms with Crippen molar-refractivity contribution in [2.75, 3.05) is 11.4 Å². The molecule has 3 aromatic carbocycles. The smallest absolute Gasteiger partial charge is 0.312 e. The SMILES string of the molecule is Cc1ccc(C(=O)[C@H](C)OC(=O)[C@H]2CC(=O)N(c3ccc(Cl)cc3C(=O)c3ccccc3)C2)cc1. The number of hydrogen-bond acceptors (Lipinski definition) is 5. The highest BCUT2D eigenvalue weighted by atomic mass is 35.5. The third-order valence-electron chi connectivity index (χ3n) is 5.99. The van der Waals surface area contributed by atoms with Crippen molar-refractivity contribution in [2.24, 2.45) is 5.92 Å². The van der Waals surface area contributed by atoms with Gasteiger partial charge >= 0.3 is 5.97 Å². The Morgan fingerprint density at radius 2 is 1.66 bits per heavy atom. The topological polar surface area (TPSA) is 80.8 Å². The third kappa shape index (κ3) is 5.33. The molecule has 0 radical (unpaired) electrons. The van der Waals surface area contributed by atoms with E-state index in [1.54, 1.807) is 54.6 Å². The maximum absolute atomic E-state index is 13.1. The molecule has 1 fully saturated rings. The van der Waals surface area contributed by atoms with E-state index in [9.17, 15) is 19.2 Å². The van der Waals surface area contributed by atoms with Crippen molar-refractivity contribution >= 4 is 40.7 Å². The second-order valence-electron chi connectivity index (χ2n) is 8.57. The second kappa shape index (κ2) is 10.2. The molecule has 0 saturated carbocycles. The Kier molecular flexibility index (Phi) is 7.12. The summed E-state index contributed by atoms with van der Waals surface area (Å²) in [6.45, 7) is 3.48. The summed E-state index contributed by atoms with van der Waals surface area (Å²) in [7, 11) is 0. The van der Waals surface area contributed by atoms with Gasteiger partial charge in [-0.1, -0.05) is 71.8 Å². The van der Waals surface area contributed by atoms with Crippen molar-refractivity contribution in [3.8, 4) is 0 Å². The van der Waals surface area contributed by atoms with Crippen molar-refractivity contribution in [2.45, 2.75) is 26.4 Å². The summed E-state index contributed by atoms with van der Waals surface area (Å²) in [6.07, 6.45) is -1.06. The summed E-state index contributed by atoms with van der Waals surface area (Å²) >= 11 is 6.15. The standard InChI is InChI=1S/C28H24ClNO5/c1-17-8-10-20(11-9-17)26(32)18(2)35-28(34)21-14-25(31)30(16-21)24-13-12-22(29)15-23(24)27(33)19-6-4-3-5-7-19/h3-13,15,18,21H,14,16H2,1-2H3/t18-,21-/m0/s1. The molecule has 0 aliphatic carbocycles. The molecule has 1 heterocycles. The zero-order chi connectivity index (χ0) is 25.1. The fourth-order valence-corrected chi connectivity index (χ4v) is 4.22. The zero-order valence-electron chi connectivity index (χ0n) is 19.4. The lowest BCUT2D eigenvalue weighted by atomic mass is 10.0. The highest BCUT2D eigenvalue weighted by Crippen LogP contribution is 2.32. The van der Waals surface area contributed by atoms with Gasteiger partial charge in [0.15, 0.2) is 11.9 Å². The van der Waals surface area contributed by atoms with Crippen LogP contribution in [0.4, 0.5) is 5.69 Å². The number of ketones is 2. The van der Waals surface area contributed by atoms with E-state index >= 15 is 0 Å². The number of carbonyl (C=O) groups is 4. The second-order valence-corrected chi connectivity index (χ2v) is 9.01. The molecule has 1 saturated heterocycles. The molecule has 7 heteroatoms.